The Bertz CT molecular complexity index is 1220. The SMILES string of the molecule is Cl.c1ccc(-c2cc(-c3ccncc3)nc3ccc4ccccc4c23)cc1. The van der Waals surface area contributed by atoms with Gasteiger partial charge in [0.25, 0.3) is 0 Å². The van der Waals surface area contributed by atoms with Gasteiger partial charge in [-0.1, -0.05) is 60.7 Å². The molecule has 2 aromatic heterocycles. The van der Waals surface area contributed by atoms with Crippen LogP contribution in [0.25, 0.3) is 44.1 Å². The van der Waals surface area contributed by atoms with E-state index in [1.165, 1.54) is 27.3 Å². The summed E-state index contributed by atoms with van der Waals surface area (Å²) in [6.07, 6.45) is 3.62. The second kappa shape index (κ2) is 7.18. The molecule has 5 rings (SSSR count). The van der Waals surface area contributed by atoms with Crippen molar-refractivity contribution in [3.63, 3.8) is 0 Å². The normalized spacial score (nSPS) is 10.7. The number of fused-ring (bicyclic) bond motifs is 3. The smallest absolute Gasteiger partial charge is 0.0722 e. The molecule has 5 aromatic rings. The van der Waals surface area contributed by atoms with Crippen molar-refractivity contribution in [1.82, 2.24) is 9.97 Å². The molecule has 0 saturated heterocycles. The van der Waals surface area contributed by atoms with Crippen molar-refractivity contribution in [3.05, 3.63) is 97.3 Å². The van der Waals surface area contributed by atoms with Gasteiger partial charge in [-0.3, -0.25) is 4.98 Å². The van der Waals surface area contributed by atoms with Crippen LogP contribution in [0.5, 0.6) is 0 Å². The molecule has 0 saturated carbocycles. The minimum atomic E-state index is 0. The lowest BCUT2D eigenvalue weighted by Gasteiger charge is -2.13. The van der Waals surface area contributed by atoms with Gasteiger partial charge in [-0.15, -0.1) is 12.4 Å². The summed E-state index contributed by atoms with van der Waals surface area (Å²) in [4.78, 5) is 9.08. The third-order valence-corrected chi connectivity index (χ3v) is 4.76. The number of rotatable bonds is 2. The highest BCUT2D eigenvalue weighted by atomic mass is 35.5. The highest BCUT2D eigenvalue weighted by Crippen LogP contribution is 2.36. The van der Waals surface area contributed by atoms with E-state index >= 15 is 0 Å². The van der Waals surface area contributed by atoms with Gasteiger partial charge in [0.15, 0.2) is 0 Å². The molecular formula is C24H17ClN2. The van der Waals surface area contributed by atoms with Crippen molar-refractivity contribution in [1.29, 1.82) is 0 Å². The van der Waals surface area contributed by atoms with Gasteiger partial charge in [0.05, 0.1) is 11.2 Å². The van der Waals surface area contributed by atoms with E-state index in [1.807, 2.05) is 24.5 Å². The number of hydrogen-bond donors (Lipinski definition) is 0. The largest absolute Gasteiger partial charge is 0.265 e. The van der Waals surface area contributed by atoms with E-state index in [-0.39, 0.29) is 12.4 Å². The van der Waals surface area contributed by atoms with Crippen LogP contribution in [0.15, 0.2) is 97.3 Å². The molecule has 2 heterocycles. The molecule has 0 N–H and O–H groups in total. The van der Waals surface area contributed by atoms with Crippen LogP contribution in [-0.4, -0.2) is 9.97 Å². The first-order valence-corrected chi connectivity index (χ1v) is 8.68. The van der Waals surface area contributed by atoms with Gasteiger partial charge >= 0.3 is 0 Å². The van der Waals surface area contributed by atoms with Gasteiger partial charge in [0.2, 0.25) is 0 Å². The molecule has 0 fully saturated rings. The molecule has 0 atom stereocenters. The van der Waals surface area contributed by atoms with Crippen LogP contribution in [0.3, 0.4) is 0 Å². The molecule has 0 amide bonds. The van der Waals surface area contributed by atoms with Crippen LogP contribution in [-0.2, 0) is 0 Å². The maximum atomic E-state index is 4.95. The fourth-order valence-corrected chi connectivity index (χ4v) is 3.52. The summed E-state index contributed by atoms with van der Waals surface area (Å²) >= 11 is 0. The van der Waals surface area contributed by atoms with E-state index in [2.05, 4.69) is 77.8 Å². The van der Waals surface area contributed by atoms with E-state index in [9.17, 15) is 0 Å². The van der Waals surface area contributed by atoms with Crippen LogP contribution in [0.1, 0.15) is 0 Å². The summed E-state index contributed by atoms with van der Waals surface area (Å²) in [6.45, 7) is 0. The molecule has 0 aliphatic carbocycles. The van der Waals surface area contributed by atoms with Crippen LogP contribution in [0, 0.1) is 0 Å². The third kappa shape index (κ3) is 3.05. The third-order valence-electron chi connectivity index (χ3n) is 4.76. The second-order valence-corrected chi connectivity index (χ2v) is 6.34. The number of aromatic nitrogens is 2. The van der Waals surface area contributed by atoms with Gasteiger partial charge in [0, 0.05) is 23.3 Å². The summed E-state index contributed by atoms with van der Waals surface area (Å²) in [5.74, 6) is 0. The number of benzene rings is 3. The van der Waals surface area contributed by atoms with Crippen molar-refractivity contribution in [3.8, 4) is 22.4 Å². The Labute approximate surface area is 164 Å². The zero-order chi connectivity index (χ0) is 17.3. The topological polar surface area (TPSA) is 25.8 Å². The monoisotopic (exact) mass is 368 g/mol. The number of nitrogens with zero attached hydrogens (tertiary/aromatic N) is 2. The molecule has 3 heteroatoms. The molecule has 2 nitrogen and oxygen atoms in total. The van der Waals surface area contributed by atoms with E-state index < -0.39 is 0 Å². The van der Waals surface area contributed by atoms with E-state index in [0.717, 1.165) is 16.8 Å². The van der Waals surface area contributed by atoms with Crippen LogP contribution in [0.2, 0.25) is 0 Å². The number of halogens is 1. The molecule has 0 aliphatic rings. The maximum Gasteiger partial charge on any atom is 0.0722 e. The molecule has 3 aromatic carbocycles. The van der Waals surface area contributed by atoms with Gasteiger partial charge in [0.1, 0.15) is 0 Å². The van der Waals surface area contributed by atoms with Crippen molar-refractivity contribution in [2.45, 2.75) is 0 Å². The average molecular weight is 369 g/mol. The minimum Gasteiger partial charge on any atom is -0.265 e. The lowest BCUT2D eigenvalue weighted by atomic mass is 9.95. The minimum absolute atomic E-state index is 0. The summed E-state index contributed by atoms with van der Waals surface area (Å²) < 4.78 is 0. The highest BCUT2D eigenvalue weighted by molar-refractivity contribution is 6.13. The summed E-state index contributed by atoms with van der Waals surface area (Å²) in [5, 5.41) is 3.67. The Balaban J connectivity index is 0.00000180. The quantitative estimate of drug-likeness (QED) is 0.330. The Morgan fingerprint density at radius 3 is 2.19 bits per heavy atom. The molecule has 27 heavy (non-hydrogen) atoms. The first-order chi connectivity index (χ1) is 12.9. The van der Waals surface area contributed by atoms with Gasteiger partial charge in [-0.05, 0) is 46.2 Å². The molecule has 0 radical (unpaired) electrons. The molecule has 0 aliphatic heterocycles. The predicted molar refractivity (Wildman–Crippen MR) is 115 cm³/mol. The van der Waals surface area contributed by atoms with E-state index in [4.69, 9.17) is 4.98 Å². The van der Waals surface area contributed by atoms with Crippen LogP contribution < -0.4 is 0 Å². The van der Waals surface area contributed by atoms with Crippen molar-refractivity contribution in [2.24, 2.45) is 0 Å². The fourth-order valence-electron chi connectivity index (χ4n) is 3.52. The Morgan fingerprint density at radius 1 is 0.630 bits per heavy atom. The lowest BCUT2D eigenvalue weighted by molar-refractivity contribution is 1.31. The average Bonchev–Trinajstić information content (AvgIpc) is 2.74. The predicted octanol–water partition coefficient (Wildman–Crippen LogP) is 6.54. The molecule has 130 valence electrons. The first-order valence-electron chi connectivity index (χ1n) is 8.68. The van der Waals surface area contributed by atoms with Gasteiger partial charge < -0.3 is 0 Å². The molecule has 0 bridgehead atoms. The summed E-state index contributed by atoms with van der Waals surface area (Å²) in [5.41, 5.74) is 5.46. The lowest BCUT2D eigenvalue weighted by Crippen LogP contribution is -1.91. The zero-order valence-corrected chi connectivity index (χ0v) is 15.4. The van der Waals surface area contributed by atoms with E-state index in [0.29, 0.717) is 0 Å². The molecule has 0 unspecified atom stereocenters. The standard InChI is InChI=1S/C24H16N2.ClH/c1-2-6-17(7-3-1)21-16-23(19-12-14-25-15-13-19)26-22-11-10-18-8-4-5-9-20(18)24(21)22;/h1-16H;1H. The number of hydrogen-bond acceptors (Lipinski definition) is 2. The van der Waals surface area contributed by atoms with E-state index in [1.54, 1.807) is 0 Å². The second-order valence-electron chi connectivity index (χ2n) is 6.34. The summed E-state index contributed by atoms with van der Waals surface area (Å²) in [7, 11) is 0. The van der Waals surface area contributed by atoms with Gasteiger partial charge in [-0.25, -0.2) is 4.98 Å². The fraction of sp³-hybridized carbons (Fsp3) is 0. The molecule has 0 spiro atoms. The highest BCUT2D eigenvalue weighted by Gasteiger charge is 2.12. The number of pyridine rings is 2. The van der Waals surface area contributed by atoms with Crippen LogP contribution >= 0.6 is 12.4 Å². The van der Waals surface area contributed by atoms with Gasteiger partial charge in [-0.2, -0.15) is 0 Å². The molecular weight excluding hydrogens is 352 g/mol. The maximum absolute atomic E-state index is 4.95. The zero-order valence-electron chi connectivity index (χ0n) is 14.5. The Hall–Kier alpha value is -3.23. The first kappa shape index (κ1) is 17.2. The summed E-state index contributed by atoms with van der Waals surface area (Å²) in [6, 6.07) is 29.5. The van der Waals surface area contributed by atoms with Crippen molar-refractivity contribution < 1.29 is 0 Å². The Kier molecular flexibility index (Phi) is 4.57. The van der Waals surface area contributed by atoms with Crippen molar-refractivity contribution in [2.75, 3.05) is 0 Å². The van der Waals surface area contributed by atoms with Crippen LogP contribution in [0.4, 0.5) is 0 Å². The Morgan fingerprint density at radius 2 is 1.37 bits per heavy atom. The van der Waals surface area contributed by atoms with Crippen molar-refractivity contribution >= 4 is 34.1 Å².